The third-order valence-electron chi connectivity index (χ3n) is 2.43. The lowest BCUT2D eigenvalue weighted by molar-refractivity contribution is -0.0498. The van der Waals surface area contributed by atoms with Gasteiger partial charge in [0.2, 0.25) is 0 Å². The molecular weight excluding hydrogens is 240 g/mol. The van der Waals surface area contributed by atoms with Crippen LogP contribution in [0.25, 0.3) is 0 Å². The van der Waals surface area contributed by atoms with Crippen LogP contribution in [0.1, 0.15) is 5.82 Å². The number of aryl methyl sites for hydroxylation is 1. The van der Waals surface area contributed by atoms with Gasteiger partial charge in [-0.3, -0.25) is 0 Å². The molecule has 0 radical (unpaired) electrons. The second-order valence-electron chi connectivity index (χ2n) is 3.71. The summed E-state index contributed by atoms with van der Waals surface area (Å²) in [7, 11) is 1.89. The van der Waals surface area contributed by atoms with E-state index in [4.69, 9.17) is 0 Å². The topological polar surface area (TPSA) is 39.1 Å². The molecule has 0 saturated heterocycles. The molecule has 2 aromatic rings. The molecule has 1 aromatic heterocycles. The van der Waals surface area contributed by atoms with Crippen LogP contribution >= 0.6 is 0 Å². The number of imidazole rings is 1. The third kappa shape index (κ3) is 3.19. The minimum absolute atomic E-state index is 0.134. The number of hydrogen-bond donors (Lipinski definition) is 1. The van der Waals surface area contributed by atoms with E-state index >= 15 is 0 Å². The Kier molecular flexibility index (Phi) is 3.76. The number of anilines is 1. The molecule has 0 aliphatic carbocycles. The second-order valence-corrected chi connectivity index (χ2v) is 3.71. The van der Waals surface area contributed by atoms with Crippen molar-refractivity contribution < 1.29 is 13.5 Å². The van der Waals surface area contributed by atoms with Gasteiger partial charge in [0.1, 0.15) is 11.6 Å². The lowest BCUT2D eigenvalue weighted by Crippen LogP contribution is -2.06. The predicted octanol–water partition coefficient (Wildman–Crippen LogP) is 2.63. The summed E-state index contributed by atoms with van der Waals surface area (Å²) in [6, 6.07) is 6.44. The zero-order valence-corrected chi connectivity index (χ0v) is 9.81. The first-order valence-corrected chi connectivity index (χ1v) is 5.40. The van der Waals surface area contributed by atoms with Gasteiger partial charge in [-0.15, -0.1) is 0 Å². The summed E-state index contributed by atoms with van der Waals surface area (Å²) in [4.78, 5) is 4.15. The molecule has 0 aliphatic heterocycles. The van der Waals surface area contributed by atoms with Crippen LogP contribution in [0.2, 0.25) is 0 Å². The maximum atomic E-state index is 12.1. The van der Waals surface area contributed by atoms with Crippen LogP contribution in [-0.4, -0.2) is 16.2 Å². The average Bonchev–Trinajstić information content (AvgIpc) is 2.72. The van der Waals surface area contributed by atoms with Crippen LogP contribution in [-0.2, 0) is 13.6 Å². The van der Waals surface area contributed by atoms with Crippen molar-refractivity contribution in [2.45, 2.75) is 13.2 Å². The van der Waals surface area contributed by atoms with Gasteiger partial charge < -0.3 is 14.6 Å². The highest BCUT2D eigenvalue weighted by molar-refractivity contribution is 5.48. The molecule has 96 valence electrons. The van der Waals surface area contributed by atoms with Gasteiger partial charge in [0, 0.05) is 31.2 Å². The number of halogens is 2. The van der Waals surface area contributed by atoms with E-state index in [1.54, 1.807) is 18.3 Å². The van der Waals surface area contributed by atoms with Gasteiger partial charge in [0.25, 0.3) is 0 Å². The van der Waals surface area contributed by atoms with Crippen molar-refractivity contribution in [2.24, 2.45) is 7.05 Å². The lowest BCUT2D eigenvalue weighted by Gasteiger charge is -2.09. The average molecular weight is 253 g/mol. The normalized spacial score (nSPS) is 10.7. The van der Waals surface area contributed by atoms with Crippen LogP contribution in [0.15, 0.2) is 36.7 Å². The number of nitrogens with zero attached hydrogens (tertiary/aromatic N) is 2. The first-order chi connectivity index (χ1) is 8.65. The first-order valence-electron chi connectivity index (χ1n) is 5.40. The number of nitrogens with one attached hydrogen (secondary N) is 1. The van der Waals surface area contributed by atoms with E-state index in [1.165, 1.54) is 12.1 Å². The van der Waals surface area contributed by atoms with Gasteiger partial charge in [-0.2, -0.15) is 8.78 Å². The largest absolute Gasteiger partial charge is 0.435 e. The molecule has 0 saturated carbocycles. The van der Waals surface area contributed by atoms with Crippen molar-refractivity contribution in [2.75, 3.05) is 5.32 Å². The highest BCUT2D eigenvalue weighted by Gasteiger charge is 2.05. The van der Waals surface area contributed by atoms with Gasteiger partial charge in [0.15, 0.2) is 0 Å². The maximum Gasteiger partial charge on any atom is 0.387 e. The Labute approximate surface area is 103 Å². The van der Waals surface area contributed by atoms with Crippen molar-refractivity contribution in [3.05, 3.63) is 42.5 Å². The van der Waals surface area contributed by atoms with E-state index in [-0.39, 0.29) is 5.75 Å². The number of ether oxygens (including phenoxy) is 1. The number of aromatic nitrogens is 2. The van der Waals surface area contributed by atoms with Gasteiger partial charge in [-0.25, -0.2) is 4.98 Å². The monoisotopic (exact) mass is 253 g/mol. The SMILES string of the molecule is Cn1ccnc1CNc1cccc(OC(F)F)c1. The summed E-state index contributed by atoms with van der Waals surface area (Å²) in [6.07, 6.45) is 3.54. The summed E-state index contributed by atoms with van der Waals surface area (Å²) in [6.45, 7) is -2.29. The molecule has 6 heteroatoms. The second kappa shape index (κ2) is 5.48. The number of hydrogen-bond acceptors (Lipinski definition) is 3. The molecule has 18 heavy (non-hydrogen) atoms. The molecule has 1 heterocycles. The molecule has 0 spiro atoms. The highest BCUT2D eigenvalue weighted by Crippen LogP contribution is 2.19. The Morgan fingerprint density at radius 2 is 2.28 bits per heavy atom. The van der Waals surface area contributed by atoms with E-state index in [9.17, 15) is 8.78 Å². The Morgan fingerprint density at radius 3 is 2.94 bits per heavy atom. The van der Waals surface area contributed by atoms with Crippen LogP contribution in [0.4, 0.5) is 14.5 Å². The Hall–Kier alpha value is -2.11. The lowest BCUT2D eigenvalue weighted by atomic mass is 10.3. The number of benzene rings is 1. The predicted molar refractivity (Wildman–Crippen MR) is 63.6 cm³/mol. The van der Waals surface area contributed by atoms with Crippen LogP contribution in [0.3, 0.4) is 0 Å². The van der Waals surface area contributed by atoms with Gasteiger partial charge >= 0.3 is 6.61 Å². The van der Waals surface area contributed by atoms with Crippen LogP contribution in [0, 0.1) is 0 Å². The molecule has 0 atom stereocenters. The summed E-state index contributed by atoms with van der Waals surface area (Å²) in [5.41, 5.74) is 0.705. The summed E-state index contributed by atoms with van der Waals surface area (Å²) in [5.74, 6) is 0.991. The van der Waals surface area contributed by atoms with Crippen molar-refractivity contribution in [1.82, 2.24) is 9.55 Å². The summed E-state index contributed by atoms with van der Waals surface area (Å²) in [5, 5.41) is 3.09. The number of rotatable bonds is 5. The molecule has 1 aromatic carbocycles. The fourth-order valence-electron chi connectivity index (χ4n) is 1.53. The zero-order valence-electron chi connectivity index (χ0n) is 9.81. The minimum atomic E-state index is -2.81. The zero-order chi connectivity index (χ0) is 13.0. The Morgan fingerprint density at radius 1 is 1.44 bits per heavy atom. The maximum absolute atomic E-state index is 12.1. The molecule has 2 rings (SSSR count). The van der Waals surface area contributed by atoms with E-state index < -0.39 is 6.61 Å². The number of alkyl halides is 2. The third-order valence-corrected chi connectivity index (χ3v) is 2.43. The standard InChI is InChI=1S/C12H13F2N3O/c1-17-6-5-15-11(17)8-16-9-3-2-4-10(7-9)18-12(13)14/h2-7,12,16H,8H2,1H3. The Balaban J connectivity index is 1.99. The fourth-order valence-corrected chi connectivity index (χ4v) is 1.53. The van der Waals surface area contributed by atoms with Crippen molar-refractivity contribution >= 4 is 5.69 Å². The molecule has 4 nitrogen and oxygen atoms in total. The molecule has 0 bridgehead atoms. The highest BCUT2D eigenvalue weighted by atomic mass is 19.3. The van der Waals surface area contributed by atoms with E-state index in [0.717, 1.165) is 5.82 Å². The summed E-state index contributed by atoms with van der Waals surface area (Å²) < 4.78 is 30.3. The van der Waals surface area contributed by atoms with Crippen LogP contribution in [0.5, 0.6) is 5.75 Å². The van der Waals surface area contributed by atoms with E-state index in [1.807, 2.05) is 17.8 Å². The van der Waals surface area contributed by atoms with Crippen molar-refractivity contribution in [3.8, 4) is 5.75 Å². The van der Waals surface area contributed by atoms with Crippen molar-refractivity contribution in [3.63, 3.8) is 0 Å². The van der Waals surface area contributed by atoms with E-state index in [2.05, 4.69) is 15.0 Å². The Bertz CT molecular complexity index is 514. The molecule has 0 fully saturated rings. The van der Waals surface area contributed by atoms with Gasteiger partial charge in [-0.05, 0) is 12.1 Å². The molecule has 0 aliphatic rings. The smallest absolute Gasteiger partial charge is 0.387 e. The quantitative estimate of drug-likeness (QED) is 0.890. The molecular formula is C12H13F2N3O. The molecule has 1 N–H and O–H groups in total. The van der Waals surface area contributed by atoms with Gasteiger partial charge in [0.05, 0.1) is 6.54 Å². The van der Waals surface area contributed by atoms with Crippen molar-refractivity contribution in [1.29, 1.82) is 0 Å². The van der Waals surface area contributed by atoms with Gasteiger partial charge in [-0.1, -0.05) is 6.07 Å². The molecule has 0 amide bonds. The van der Waals surface area contributed by atoms with Crippen LogP contribution < -0.4 is 10.1 Å². The molecule has 0 unspecified atom stereocenters. The first kappa shape index (κ1) is 12.3. The van der Waals surface area contributed by atoms with E-state index in [0.29, 0.717) is 12.2 Å². The minimum Gasteiger partial charge on any atom is -0.435 e. The summed E-state index contributed by atoms with van der Waals surface area (Å²) >= 11 is 0. The fraction of sp³-hybridized carbons (Fsp3) is 0.250.